The first-order chi connectivity index (χ1) is 14.7. The average Bonchev–Trinajstić information content (AvgIpc) is 3.58. The standard InChI is InChI=1S/C22H19N7O/c23-13-29(16-8-9-16)21(24)19-3-1-5-20(26-19)28-12-15-7-6-14(11-17(15)22(28)30)18-4-2-10-25-27-18/h1-7,10-11,13,16,23-24H,8-9,12H2. The fraction of sp³-hybridized carbons (Fsp3) is 0.182. The number of amidine groups is 1. The van der Waals surface area contributed by atoms with Crippen molar-refractivity contribution >= 4 is 23.9 Å². The molecule has 1 amide bonds. The number of benzene rings is 1. The molecular weight excluding hydrogens is 378 g/mol. The molecule has 0 radical (unpaired) electrons. The third kappa shape index (κ3) is 3.12. The number of carbonyl (C=O) groups excluding carboxylic acids is 1. The van der Waals surface area contributed by atoms with Gasteiger partial charge in [0, 0.05) is 23.4 Å². The van der Waals surface area contributed by atoms with E-state index < -0.39 is 0 Å². The minimum Gasteiger partial charge on any atom is -0.313 e. The Bertz CT molecular complexity index is 1160. The van der Waals surface area contributed by atoms with Crippen molar-refractivity contribution in [2.45, 2.75) is 25.4 Å². The lowest BCUT2D eigenvalue weighted by Crippen LogP contribution is -2.32. The monoisotopic (exact) mass is 397 g/mol. The summed E-state index contributed by atoms with van der Waals surface area (Å²) in [5.74, 6) is 0.557. The Morgan fingerprint density at radius 3 is 2.77 bits per heavy atom. The van der Waals surface area contributed by atoms with Crippen LogP contribution in [0.1, 0.15) is 34.5 Å². The van der Waals surface area contributed by atoms with Gasteiger partial charge in [0.1, 0.15) is 11.5 Å². The molecule has 0 atom stereocenters. The van der Waals surface area contributed by atoms with Gasteiger partial charge in [-0.25, -0.2) is 4.98 Å². The summed E-state index contributed by atoms with van der Waals surface area (Å²) in [4.78, 5) is 20.9. The molecule has 2 N–H and O–H groups in total. The molecule has 8 heteroatoms. The third-order valence-corrected chi connectivity index (χ3v) is 5.37. The lowest BCUT2D eigenvalue weighted by Gasteiger charge is -2.20. The molecule has 1 fully saturated rings. The van der Waals surface area contributed by atoms with E-state index in [0.717, 1.165) is 24.0 Å². The van der Waals surface area contributed by atoms with Gasteiger partial charge in [0.15, 0.2) is 5.84 Å². The lowest BCUT2D eigenvalue weighted by molar-refractivity contribution is 0.0996. The van der Waals surface area contributed by atoms with Crippen LogP contribution in [0, 0.1) is 10.8 Å². The van der Waals surface area contributed by atoms with Crippen molar-refractivity contribution in [3.8, 4) is 11.3 Å². The molecule has 0 spiro atoms. The predicted molar refractivity (Wildman–Crippen MR) is 113 cm³/mol. The molecule has 3 heterocycles. The van der Waals surface area contributed by atoms with E-state index in [-0.39, 0.29) is 17.8 Å². The molecular formula is C22H19N7O. The van der Waals surface area contributed by atoms with Crippen LogP contribution in [0.15, 0.2) is 54.7 Å². The van der Waals surface area contributed by atoms with Crippen LogP contribution in [0.25, 0.3) is 11.3 Å². The maximum absolute atomic E-state index is 13.1. The minimum absolute atomic E-state index is 0.127. The summed E-state index contributed by atoms with van der Waals surface area (Å²) in [6, 6.07) is 14.9. The SMILES string of the molecule is N=CN(C(=N)c1cccc(N2Cc3ccc(-c4cccnn4)cc3C2=O)n1)C1CC1. The number of nitrogens with one attached hydrogen (secondary N) is 2. The van der Waals surface area contributed by atoms with Gasteiger partial charge in [0.25, 0.3) is 5.91 Å². The van der Waals surface area contributed by atoms with Crippen molar-refractivity contribution in [3.05, 3.63) is 71.5 Å². The largest absolute Gasteiger partial charge is 0.313 e. The summed E-state index contributed by atoms with van der Waals surface area (Å²) in [6.45, 7) is 0.426. The summed E-state index contributed by atoms with van der Waals surface area (Å²) >= 11 is 0. The van der Waals surface area contributed by atoms with E-state index in [1.165, 1.54) is 6.34 Å². The van der Waals surface area contributed by atoms with Gasteiger partial charge in [-0.05, 0) is 48.7 Å². The second-order valence-electron chi connectivity index (χ2n) is 7.37. The van der Waals surface area contributed by atoms with Gasteiger partial charge in [0.05, 0.1) is 18.6 Å². The molecule has 30 heavy (non-hydrogen) atoms. The molecule has 0 saturated heterocycles. The highest BCUT2D eigenvalue weighted by molar-refractivity contribution is 6.10. The Kier molecular flexibility index (Phi) is 4.31. The summed E-state index contributed by atoms with van der Waals surface area (Å²) in [6.07, 6.45) is 4.75. The van der Waals surface area contributed by atoms with E-state index in [2.05, 4.69) is 15.2 Å². The van der Waals surface area contributed by atoms with Crippen LogP contribution < -0.4 is 4.90 Å². The second kappa shape index (κ2) is 7.14. The van der Waals surface area contributed by atoms with Crippen LogP contribution in [-0.2, 0) is 6.54 Å². The third-order valence-electron chi connectivity index (χ3n) is 5.37. The van der Waals surface area contributed by atoms with E-state index in [9.17, 15) is 4.79 Å². The fourth-order valence-corrected chi connectivity index (χ4v) is 3.64. The molecule has 1 aliphatic carbocycles. The van der Waals surface area contributed by atoms with E-state index >= 15 is 0 Å². The van der Waals surface area contributed by atoms with Gasteiger partial charge in [-0.2, -0.15) is 10.2 Å². The number of amides is 1. The summed E-state index contributed by atoms with van der Waals surface area (Å²) in [5, 5.41) is 24.0. The number of anilines is 1. The number of hydrogen-bond donors (Lipinski definition) is 2. The zero-order valence-electron chi connectivity index (χ0n) is 16.1. The van der Waals surface area contributed by atoms with E-state index in [4.69, 9.17) is 10.8 Å². The molecule has 5 rings (SSSR count). The highest BCUT2D eigenvalue weighted by Gasteiger charge is 2.32. The quantitative estimate of drug-likeness (QED) is 0.508. The second-order valence-corrected chi connectivity index (χ2v) is 7.37. The first-order valence-electron chi connectivity index (χ1n) is 9.73. The zero-order valence-corrected chi connectivity index (χ0v) is 16.1. The van der Waals surface area contributed by atoms with E-state index in [1.807, 2.05) is 30.3 Å². The van der Waals surface area contributed by atoms with E-state index in [0.29, 0.717) is 29.3 Å². The Hall–Kier alpha value is -3.94. The summed E-state index contributed by atoms with van der Waals surface area (Å²) in [5.41, 5.74) is 3.55. The first kappa shape index (κ1) is 18.1. The summed E-state index contributed by atoms with van der Waals surface area (Å²) < 4.78 is 0. The molecule has 1 aliphatic heterocycles. The Morgan fingerprint density at radius 2 is 2.03 bits per heavy atom. The normalized spacial score (nSPS) is 15.1. The van der Waals surface area contributed by atoms with Gasteiger partial charge < -0.3 is 4.90 Å². The Morgan fingerprint density at radius 1 is 1.17 bits per heavy atom. The predicted octanol–water partition coefficient (Wildman–Crippen LogP) is 3.10. The van der Waals surface area contributed by atoms with Crippen LogP contribution in [0.2, 0.25) is 0 Å². The molecule has 2 aromatic heterocycles. The van der Waals surface area contributed by atoms with Crippen LogP contribution in [0.4, 0.5) is 5.82 Å². The van der Waals surface area contributed by atoms with Crippen molar-refractivity contribution in [2.24, 2.45) is 0 Å². The first-order valence-corrected chi connectivity index (χ1v) is 9.73. The maximum Gasteiger partial charge on any atom is 0.260 e. The number of nitrogens with zero attached hydrogens (tertiary/aromatic N) is 5. The molecule has 0 unspecified atom stereocenters. The number of rotatable bonds is 5. The molecule has 3 aromatic rings. The smallest absolute Gasteiger partial charge is 0.260 e. The number of hydrogen-bond acceptors (Lipinski definition) is 6. The maximum atomic E-state index is 13.1. The van der Waals surface area contributed by atoms with Gasteiger partial charge in [-0.15, -0.1) is 0 Å². The van der Waals surface area contributed by atoms with Gasteiger partial charge >= 0.3 is 0 Å². The number of carbonyl (C=O) groups is 1. The van der Waals surface area contributed by atoms with Crippen molar-refractivity contribution < 1.29 is 4.79 Å². The molecule has 8 nitrogen and oxygen atoms in total. The summed E-state index contributed by atoms with van der Waals surface area (Å²) in [7, 11) is 0. The highest BCUT2D eigenvalue weighted by atomic mass is 16.2. The molecule has 148 valence electrons. The van der Waals surface area contributed by atoms with Crippen molar-refractivity contribution in [1.82, 2.24) is 20.1 Å². The Labute approximate surface area is 173 Å². The Balaban J connectivity index is 1.43. The molecule has 1 aromatic carbocycles. The van der Waals surface area contributed by atoms with Gasteiger partial charge in [-0.3, -0.25) is 20.5 Å². The minimum atomic E-state index is -0.127. The lowest BCUT2D eigenvalue weighted by atomic mass is 10.0. The van der Waals surface area contributed by atoms with Gasteiger partial charge in [0.2, 0.25) is 0 Å². The van der Waals surface area contributed by atoms with Crippen LogP contribution in [0.5, 0.6) is 0 Å². The van der Waals surface area contributed by atoms with E-state index in [1.54, 1.807) is 34.2 Å². The average molecular weight is 397 g/mol. The molecule has 0 bridgehead atoms. The van der Waals surface area contributed by atoms with Crippen molar-refractivity contribution in [2.75, 3.05) is 4.90 Å². The van der Waals surface area contributed by atoms with Crippen LogP contribution in [0.3, 0.4) is 0 Å². The fourth-order valence-electron chi connectivity index (χ4n) is 3.64. The number of fused-ring (bicyclic) bond motifs is 1. The van der Waals surface area contributed by atoms with Crippen molar-refractivity contribution in [1.29, 1.82) is 10.8 Å². The van der Waals surface area contributed by atoms with Crippen molar-refractivity contribution in [3.63, 3.8) is 0 Å². The zero-order chi connectivity index (χ0) is 20.7. The molecule has 1 saturated carbocycles. The highest BCUT2D eigenvalue weighted by Crippen LogP contribution is 2.31. The topological polar surface area (TPSA) is 110 Å². The van der Waals surface area contributed by atoms with Crippen LogP contribution >= 0.6 is 0 Å². The number of aromatic nitrogens is 3. The van der Waals surface area contributed by atoms with Crippen LogP contribution in [-0.4, -0.2) is 44.2 Å². The number of pyridine rings is 1. The molecule has 2 aliphatic rings. The van der Waals surface area contributed by atoms with Gasteiger partial charge in [-0.1, -0.05) is 18.2 Å².